The first-order valence-electron chi connectivity index (χ1n) is 3.63. The van der Waals surface area contributed by atoms with E-state index in [0.29, 0.717) is 0 Å². The molecular formula is C7H17N3. The molecular weight excluding hydrogens is 126 g/mol. The molecule has 0 aliphatic rings. The third-order valence-electron chi connectivity index (χ3n) is 0.817. The lowest BCUT2D eigenvalue weighted by Gasteiger charge is -1.83. The maximum absolute atomic E-state index is 3.74. The Labute approximate surface area is 63.2 Å². The summed E-state index contributed by atoms with van der Waals surface area (Å²) in [6, 6.07) is 0. The SMILES string of the molecule is CC.CC/C(C)=N/N=NC. The second-order valence-electron chi connectivity index (χ2n) is 1.48. The summed E-state index contributed by atoms with van der Waals surface area (Å²) in [5.41, 5.74) is 1.01. The summed E-state index contributed by atoms with van der Waals surface area (Å²) in [7, 11) is 1.60. The van der Waals surface area contributed by atoms with E-state index in [-0.39, 0.29) is 0 Å². The van der Waals surface area contributed by atoms with Crippen molar-refractivity contribution in [3.8, 4) is 0 Å². The van der Waals surface area contributed by atoms with Crippen molar-refractivity contribution in [2.75, 3.05) is 7.05 Å². The molecule has 0 saturated heterocycles. The highest BCUT2D eigenvalue weighted by atomic mass is 15.4. The molecule has 60 valence electrons. The number of rotatable bonds is 2. The van der Waals surface area contributed by atoms with Crippen molar-refractivity contribution in [2.24, 2.45) is 15.4 Å². The van der Waals surface area contributed by atoms with Crippen LogP contribution < -0.4 is 0 Å². The molecule has 3 heteroatoms. The summed E-state index contributed by atoms with van der Waals surface area (Å²) in [4.78, 5) is 0. The molecule has 3 nitrogen and oxygen atoms in total. The van der Waals surface area contributed by atoms with Crippen LogP contribution in [0.2, 0.25) is 0 Å². The Bertz CT molecular complexity index is 105. The van der Waals surface area contributed by atoms with Crippen molar-refractivity contribution in [2.45, 2.75) is 34.1 Å². The Hall–Kier alpha value is -0.730. The van der Waals surface area contributed by atoms with Gasteiger partial charge in [-0.05, 0) is 13.3 Å². The van der Waals surface area contributed by atoms with Crippen LogP contribution in [0.4, 0.5) is 0 Å². The van der Waals surface area contributed by atoms with Crippen LogP contribution in [0, 0.1) is 0 Å². The van der Waals surface area contributed by atoms with Crippen LogP contribution in [0.1, 0.15) is 34.1 Å². The minimum atomic E-state index is 0.943. The molecule has 0 rings (SSSR count). The summed E-state index contributed by atoms with van der Waals surface area (Å²) in [5, 5.41) is 10.7. The second-order valence-corrected chi connectivity index (χ2v) is 1.48. The van der Waals surface area contributed by atoms with Crippen molar-refractivity contribution >= 4 is 5.71 Å². The molecule has 0 spiro atoms. The largest absolute Gasteiger partial charge is 0.172 e. The van der Waals surface area contributed by atoms with Crippen LogP contribution >= 0.6 is 0 Å². The normalized spacial score (nSPS) is 11.1. The smallest absolute Gasteiger partial charge is 0.0509 e. The van der Waals surface area contributed by atoms with Crippen LogP contribution in [0.5, 0.6) is 0 Å². The van der Waals surface area contributed by atoms with E-state index in [1.807, 2.05) is 27.7 Å². The number of nitrogens with zero attached hydrogens (tertiary/aromatic N) is 3. The lowest BCUT2D eigenvalue weighted by atomic mass is 10.3. The van der Waals surface area contributed by atoms with Gasteiger partial charge in [0.2, 0.25) is 0 Å². The molecule has 0 saturated carbocycles. The van der Waals surface area contributed by atoms with Gasteiger partial charge in [0.15, 0.2) is 0 Å². The van der Waals surface area contributed by atoms with Crippen molar-refractivity contribution in [1.82, 2.24) is 0 Å². The molecule has 0 aromatic heterocycles. The number of hydrogen-bond donors (Lipinski definition) is 0. The molecule has 0 amide bonds. The molecule has 0 aromatic rings. The summed E-state index contributed by atoms with van der Waals surface area (Å²) >= 11 is 0. The standard InChI is InChI=1S/C5H11N3.C2H6/c1-4-5(2)7-8-6-3;1-2/h4H2,1-3H3;1-2H3/b7-5+,8-6?;. The zero-order valence-corrected chi connectivity index (χ0v) is 7.55. The first-order chi connectivity index (χ1) is 4.81. The molecule has 0 bridgehead atoms. The third kappa shape index (κ3) is 10.3. The van der Waals surface area contributed by atoms with Crippen LogP contribution in [-0.4, -0.2) is 12.8 Å². The molecule has 0 aliphatic carbocycles. The monoisotopic (exact) mass is 143 g/mol. The van der Waals surface area contributed by atoms with E-state index in [0.717, 1.165) is 12.1 Å². The first-order valence-corrected chi connectivity index (χ1v) is 3.63. The number of hydrogen-bond acceptors (Lipinski definition) is 2. The Balaban J connectivity index is 0. The van der Waals surface area contributed by atoms with Gasteiger partial charge in [-0.15, -0.1) is 5.10 Å². The zero-order valence-electron chi connectivity index (χ0n) is 7.55. The fourth-order valence-corrected chi connectivity index (χ4v) is 0.192. The Kier molecular flexibility index (Phi) is 13.3. The lowest BCUT2D eigenvalue weighted by molar-refractivity contribution is 1.00. The molecule has 0 atom stereocenters. The average Bonchev–Trinajstić information content (AvgIpc) is 2.04. The van der Waals surface area contributed by atoms with Gasteiger partial charge in [-0.3, -0.25) is 0 Å². The molecule has 0 N–H and O–H groups in total. The van der Waals surface area contributed by atoms with Gasteiger partial charge in [0.05, 0.1) is 7.05 Å². The van der Waals surface area contributed by atoms with E-state index in [1.165, 1.54) is 0 Å². The van der Waals surface area contributed by atoms with Crippen molar-refractivity contribution in [3.05, 3.63) is 0 Å². The van der Waals surface area contributed by atoms with Gasteiger partial charge in [0.25, 0.3) is 0 Å². The summed E-state index contributed by atoms with van der Waals surface area (Å²) in [5.74, 6) is 0. The second kappa shape index (κ2) is 11.1. The van der Waals surface area contributed by atoms with Gasteiger partial charge < -0.3 is 0 Å². The van der Waals surface area contributed by atoms with Crippen molar-refractivity contribution in [3.63, 3.8) is 0 Å². The maximum Gasteiger partial charge on any atom is 0.0509 e. The van der Waals surface area contributed by atoms with E-state index in [2.05, 4.69) is 15.4 Å². The Morgan fingerprint density at radius 2 is 1.80 bits per heavy atom. The quantitative estimate of drug-likeness (QED) is 0.324. The van der Waals surface area contributed by atoms with E-state index in [1.54, 1.807) is 7.05 Å². The minimum absolute atomic E-state index is 0.943. The van der Waals surface area contributed by atoms with E-state index in [9.17, 15) is 0 Å². The predicted octanol–water partition coefficient (Wildman–Crippen LogP) is 2.88. The highest BCUT2D eigenvalue weighted by Crippen LogP contribution is 1.84. The molecule has 0 radical (unpaired) electrons. The van der Waals surface area contributed by atoms with E-state index < -0.39 is 0 Å². The van der Waals surface area contributed by atoms with E-state index >= 15 is 0 Å². The maximum atomic E-state index is 3.74. The minimum Gasteiger partial charge on any atom is -0.172 e. The van der Waals surface area contributed by atoms with Gasteiger partial charge in [-0.2, -0.15) is 5.11 Å². The Morgan fingerprint density at radius 3 is 2.10 bits per heavy atom. The fourth-order valence-electron chi connectivity index (χ4n) is 0.192. The zero-order chi connectivity index (χ0) is 8.41. The van der Waals surface area contributed by atoms with Crippen LogP contribution in [-0.2, 0) is 0 Å². The van der Waals surface area contributed by atoms with Crippen LogP contribution in [0.15, 0.2) is 15.4 Å². The molecule has 0 fully saturated rings. The molecule has 0 aliphatic heterocycles. The van der Waals surface area contributed by atoms with Crippen LogP contribution in [0.3, 0.4) is 0 Å². The van der Waals surface area contributed by atoms with Crippen LogP contribution in [0.25, 0.3) is 0 Å². The topological polar surface area (TPSA) is 37.1 Å². The molecule has 0 aromatic carbocycles. The molecule has 0 heterocycles. The average molecular weight is 143 g/mol. The van der Waals surface area contributed by atoms with Gasteiger partial charge in [0, 0.05) is 5.71 Å². The van der Waals surface area contributed by atoms with Gasteiger partial charge >= 0.3 is 0 Å². The molecule has 10 heavy (non-hydrogen) atoms. The highest BCUT2D eigenvalue weighted by Gasteiger charge is 1.79. The predicted molar refractivity (Wildman–Crippen MR) is 45.5 cm³/mol. The van der Waals surface area contributed by atoms with Gasteiger partial charge in [0.1, 0.15) is 0 Å². The van der Waals surface area contributed by atoms with Gasteiger partial charge in [-0.1, -0.05) is 26.0 Å². The van der Waals surface area contributed by atoms with Crippen molar-refractivity contribution in [1.29, 1.82) is 0 Å². The summed E-state index contributed by atoms with van der Waals surface area (Å²) < 4.78 is 0. The Morgan fingerprint density at radius 1 is 1.30 bits per heavy atom. The van der Waals surface area contributed by atoms with E-state index in [4.69, 9.17) is 0 Å². The van der Waals surface area contributed by atoms with Crippen molar-refractivity contribution < 1.29 is 0 Å². The molecule has 0 unspecified atom stereocenters. The fraction of sp³-hybridized carbons (Fsp3) is 0.857. The first kappa shape index (κ1) is 12.0. The lowest BCUT2D eigenvalue weighted by Crippen LogP contribution is -1.82. The summed E-state index contributed by atoms with van der Waals surface area (Å²) in [6.45, 7) is 7.96. The highest BCUT2D eigenvalue weighted by molar-refractivity contribution is 5.81. The third-order valence-corrected chi connectivity index (χ3v) is 0.817. The summed E-state index contributed by atoms with van der Waals surface area (Å²) in [6.07, 6.45) is 0.943. The van der Waals surface area contributed by atoms with Gasteiger partial charge in [-0.25, -0.2) is 0 Å².